The number of benzene rings is 2. The van der Waals surface area contributed by atoms with Crippen LogP contribution in [0.25, 0.3) is 21.9 Å². The van der Waals surface area contributed by atoms with Crippen molar-refractivity contribution in [3.8, 4) is 0 Å². The molecular weight excluding hydrogens is 542 g/mol. The Kier molecular flexibility index (Phi) is 8.91. The number of ether oxygens (including phenoxy) is 2. The number of rotatable bonds is 12. The van der Waals surface area contributed by atoms with Crippen LogP contribution >= 0.6 is 0 Å². The fourth-order valence-corrected chi connectivity index (χ4v) is 5.78. The average molecular weight is 580 g/mol. The van der Waals surface area contributed by atoms with E-state index in [2.05, 4.69) is 38.3 Å². The van der Waals surface area contributed by atoms with E-state index in [0.717, 1.165) is 85.2 Å². The fourth-order valence-electron chi connectivity index (χ4n) is 5.78. The van der Waals surface area contributed by atoms with Gasteiger partial charge in [-0.05, 0) is 99.4 Å². The summed E-state index contributed by atoms with van der Waals surface area (Å²) in [4.78, 5) is 27.3. The van der Waals surface area contributed by atoms with Crippen LogP contribution in [0, 0.1) is 5.92 Å². The number of likely N-dealkylation sites (tertiary alicyclic amines) is 1. The summed E-state index contributed by atoms with van der Waals surface area (Å²) in [6.07, 6.45) is 12.3. The maximum absolute atomic E-state index is 11.6. The van der Waals surface area contributed by atoms with E-state index < -0.39 is 5.97 Å². The first-order chi connectivity index (χ1) is 21.1. The Labute approximate surface area is 251 Å². The molecule has 0 bridgehead atoms. The molecule has 2 aliphatic rings. The van der Waals surface area contributed by atoms with Crippen LogP contribution in [0.4, 0.5) is 0 Å². The number of hydrogen-bond donors (Lipinski definition) is 1. The minimum absolute atomic E-state index is 0.162. The number of carboxylic acids is 1. The quantitative estimate of drug-likeness (QED) is 0.125. The van der Waals surface area contributed by atoms with E-state index in [1.807, 2.05) is 42.5 Å². The van der Waals surface area contributed by atoms with E-state index in [0.29, 0.717) is 25.0 Å². The normalized spacial score (nSPS) is 18.3. The largest absolute Gasteiger partial charge is 0.478 e. The van der Waals surface area contributed by atoms with Crippen LogP contribution in [0.5, 0.6) is 0 Å². The van der Waals surface area contributed by atoms with Crippen molar-refractivity contribution >= 4 is 34.6 Å². The zero-order valence-corrected chi connectivity index (χ0v) is 24.3. The van der Waals surface area contributed by atoms with Crippen molar-refractivity contribution in [1.29, 1.82) is 0 Å². The number of aromatic carboxylic acids is 1. The molecule has 6 rings (SSSR count). The molecule has 0 spiro atoms. The van der Waals surface area contributed by atoms with Crippen molar-refractivity contribution in [3.63, 3.8) is 0 Å². The number of piperidine rings is 1. The highest BCUT2D eigenvalue weighted by atomic mass is 16.5. The van der Waals surface area contributed by atoms with Crippen molar-refractivity contribution < 1.29 is 19.4 Å². The minimum atomic E-state index is -0.925. The molecule has 2 aromatic carbocycles. The third-order valence-corrected chi connectivity index (χ3v) is 8.38. The molecule has 1 atom stereocenters. The van der Waals surface area contributed by atoms with Crippen molar-refractivity contribution in [1.82, 2.24) is 19.4 Å². The second-order valence-corrected chi connectivity index (χ2v) is 11.3. The number of aromatic nitrogens is 3. The molecule has 2 aromatic heterocycles. The molecular formula is C34H37N5O4. The average Bonchev–Trinajstić information content (AvgIpc) is 3.35. The summed E-state index contributed by atoms with van der Waals surface area (Å²) in [5.74, 6) is 1.17. The van der Waals surface area contributed by atoms with Gasteiger partial charge >= 0.3 is 5.97 Å². The molecule has 0 saturated carbocycles. The van der Waals surface area contributed by atoms with Crippen LogP contribution in [0.15, 0.2) is 83.8 Å². The highest BCUT2D eigenvalue weighted by molar-refractivity contribution is 5.92. The molecule has 2 saturated heterocycles. The first-order valence-electron chi connectivity index (χ1n) is 14.9. The van der Waals surface area contributed by atoms with Gasteiger partial charge in [0, 0.05) is 18.2 Å². The molecule has 4 heterocycles. The number of hydrogen-bond acceptors (Lipinski definition) is 7. The predicted molar refractivity (Wildman–Crippen MR) is 167 cm³/mol. The van der Waals surface area contributed by atoms with Gasteiger partial charge in [0.2, 0.25) is 5.88 Å². The fraction of sp³-hybridized carbons (Fsp3) is 0.353. The number of nitrogens with zero attached hydrogens (tertiary/aromatic N) is 5. The Morgan fingerprint density at radius 1 is 1.14 bits per heavy atom. The highest BCUT2D eigenvalue weighted by Gasteiger charge is 2.25. The zero-order valence-electron chi connectivity index (χ0n) is 24.3. The lowest BCUT2D eigenvalue weighted by Crippen LogP contribution is -2.35. The molecule has 0 aliphatic carbocycles. The smallest absolute Gasteiger partial charge is 0.335 e. The Morgan fingerprint density at radius 3 is 2.74 bits per heavy atom. The van der Waals surface area contributed by atoms with Crippen molar-refractivity contribution in [2.75, 3.05) is 19.7 Å². The van der Waals surface area contributed by atoms with Gasteiger partial charge in [-0.25, -0.2) is 14.8 Å². The highest BCUT2D eigenvalue weighted by Crippen LogP contribution is 2.26. The molecule has 2 aliphatic heterocycles. The van der Waals surface area contributed by atoms with Crippen molar-refractivity contribution in [2.45, 2.75) is 51.5 Å². The van der Waals surface area contributed by atoms with Gasteiger partial charge in [-0.15, -0.1) is 0 Å². The van der Waals surface area contributed by atoms with Crippen LogP contribution in [-0.2, 0) is 29.2 Å². The van der Waals surface area contributed by atoms with Gasteiger partial charge in [0.1, 0.15) is 12.4 Å². The minimum Gasteiger partial charge on any atom is -0.478 e. The summed E-state index contributed by atoms with van der Waals surface area (Å²) in [6.45, 7) is 8.31. The van der Waals surface area contributed by atoms with Crippen molar-refractivity contribution in [3.05, 3.63) is 95.8 Å². The van der Waals surface area contributed by atoms with Crippen molar-refractivity contribution in [2.24, 2.45) is 10.9 Å². The lowest BCUT2D eigenvalue weighted by Gasteiger charge is -2.32. The number of imidazole rings is 1. The first-order valence-corrected chi connectivity index (χ1v) is 14.9. The summed E-state index contributed by atoms with van der Waals surface area (Å²) in [5, 5.41) is 10.6. The number of allylic oxidation sites excluding steroid dienone is 3. The van der Waals surface area contributed by atoms with Crippen LogP contribution in [0.2, 0.25) is 0 Å². The molecule has 4 aromatic rings. The van der Waals surface area contributed by atoms with Gasteiger partial charge in [-0.2, -0.15) is 0 Å². The number of carbonyl (C=O) groups is 1. The SMILES string of the molecule is C=N/C(=C\C=C/CC1CCN(Cc2nc3ccc(C(=O)O)cc3n2CC2CCO2)CC1)OCc1ccc2ncccc2c1. The number of pyridine rings is 1. The Balaban J connectivity index is 1.00. The van der Waals surface area contributed by atoms with Gasteiger partial charge in [0.25, 0.3) is 0 Å². The Bertz CT molecular complexity index is 1660. The van der Waals surface area contributed by atoms with Gasteiger partial charge < -0.3 is 19.1 Å². The zero-order chi connectivity index (χ0) is 29.6. The monoisotopic (exact) mass is 579 g/mol. The van der Waals surface area contributed by atoms with Gasteiger partial charge in [-0.1, -0.05) is 24.3 Å². The second-order valence-electron chi connectivity index (χ2n) is 11.3. The lowest BCUT2D eigenvalue weighted by atomic mass is 9.93. The second kappa shape index (κ2) is 13.3. The van der Waals surface area contributed by atoms with E-state index in [4.69, 9.17) is 14.5 Å². The molecule has 0 radical (unpaired) electrons. The topological polar surface area (TPSA) is 102 Å². The lowest BCUT2D eigenvalue weighted by molar-refractivity contribution is -0.0592. The van der Waals surface area contributed by atoms with Crippen LogP contribution in [0.1, 0.15) is 47.4 Å². The van der Waals surface area contributed by atoms with E-state index in [1.165, 1.54) is 0 Å². The Hall–Kier alpha value is -4.34. The molecule has 1 unspecified atom stereocenters. The Morgan fingerprint density at radius 2 is 1.98 bits per heavy atom. The van der Waals surface area contributed by atoms with E-state index in [-0.39, 0.29) is 11.7 Å². The van der Waals surface area contributed by atoms with E-state index in [9.17, 15) is 9.90 Å². The maximum atomic E-state index is 11.6. The molecule has 1 N–H and O–H groups in total. The van der Waals surface area contributed by atoms with Gasteiger partial charge in [-0.3, -0.25) is 9.88 Å². The predicted octanol–water partition coefficient (Wildman–Crippen LogP) is 5.99. The van der Waals surface area contributed by atoms with Crippen LogP contribution < -0.4 is 0 Å². The maximum Gasteiger partial charge on any atom is 0.335 e. The van der Waals surface area contributed by atoms with Gasteiger partial charge in [0.15, 0.2) is 0 Å². The summed E-state index contributed by atoms with van der Waals surface area (Å²) in [6, 6.07) is 15.3. The van der Waals surface area contributed by atoms with E-state index >= 15 is 0 Å². The van der Waals surface area contributed by atoms with E-state index in [1.54, 1.807) is 18.3 Å². The molecule has 43 heavy (non-hydrogen) atoms. The molecule has 2 fully saturated rings. The first kappa shape index (κ1) is 28.8. The number of carboxylic acid groups (broad SMARTS) is 1. The third-order valence-electron chi connectivity index (χ3n) is 8.38. The summed E-state index contributed by atoms with van der Waals surface area (Å²) in [5.41, 5.74) is 4.00. The number of fused-ring (bicyclic) bond motifs is 2. The molecule has 9 heteroatoms. The molecule has 0 amide bonds. The summed E-state index contributed by atoms with van der Waals surface area (Å²) >= 11 is 0. The standard InChI is InChI=1S/C34H37N5O4/c1-35-33(43-23-25-8-10-29-26(19-25)6-4-15-36-29)7-3-2-5-24-12-16-38(17-13-24)22-32-37-30-11-9-27(34(40)41)20-31(30)39(32)21-28-14-18-42-28/h2-4,6-11,15,19-20,24,28H,1,5,12-14,16-18,21-23H2,(H,40,41)/b3-2-,33-7+. The molecule has 9 nitrogen and oxygen atoms in total. The van der Waals surface area contributed by atoms with Crippen LogP contribution in [-0.4, -0.2) is 63.0 Å². The third kappa shape index (κ3) is 7.01. The summed E-state index contributed by atoms with van der Waals surface area (Å²) in [7, 11) is 0. The van der Waals surface area contributed by atoms with Crippen LogP contribution in [0.3, 0.4) is 0 Å². The van der Waals surface area contributed by atoms with Gasteiger partial charge in [0.05, 0.1) is 41.3 Å². The molecule has 222 valence electrons. The number of aliphatic imine (C=N–C) groups is 1. The summed E-state index contributed by atoms with van der Waals surface area (Å²) < 4.78 is 13.7.